The molecule has 2 N–H and O–H groups in total. The predicted molar refractivity (Wildman–Crippen MR) is 71.3 cm³/mol. The van der Waals surface area contributed by atoms with Gasteiger partial charge in [-0.25, -0.2) is 4.39 Å². The Hall–Kier alpha value is -1.42. The van der Waals surface area contributed by atoms with Crippen LogP contribution in [0.15, 0.2) is 18.2 Å². The van der Waals surface area contributed by atoms with Gasteiger partial charge in [-0.2, -0.15) is 0 Å². The molecular weight excluding hydrogens is 243 g/mol. The molecule has 0 radical (unpaired) electrons. The van der Waals surface area contributed by atoms with Crippen LogP contribution in [0.2, 0.25) is 0 Å². The molecule has 2 fully saturated rings. The summed E-state index contributed by atoms with van der Waals surface area (Å²) in [6.45, 7) is 1.82. The number of carbonyl (C=O) groups excluding carboxylic acids is 1. The molecule has 2 aliphatic rings. The lowest BCUT2D eigenvalue weighted by Crippen LogP contribution is -2.50. The second kappa shape index (κ2) is 4.60. The van der Waals surface area contributed by atoms with Crippen molar-refractivity contribution in [2.75, 3.05) is 0 Å². The number of amides is 1. The molecule has 0 spiro atoms. The van der Waals surface area contributed by atoms with Gasteiger partial charge in [-0.05, 0) is 50.3 Å². The van der Waals surface area contributed by atoms with Crippen molar-refractivity contribution in [3.63, 3.8) is 0 Å². The number of fused-ring (bicyclic) bond motifs is 2. The standard InChI is InChI=1S/C15H19FN2O/c1-9-2-5-13(14(16)6-9)15(19)18-11-3-4-12(18)8-10(17)7-11/h2,5-6,10-12H,3-4,7-8,17H2,1H3. The van der Waals surface area contributed by atoms with Crippen molar-refractivity contribution in [1.82, 2.24) is 4.90 Å². The zero-order valence-corrected chi connectivity index (χ0v) is 11.1. The molecule has 2 saturated heterocycles. The number of hydrogen-bond donors (Lipinski definition) is 1. The minimum atomic E-state index is -0.417. The van der Waals surface area contributed by atoms with Crippen LogP contribution in [-0.4, -0.2) is 28.9 Å². The van der Waals surface area contributed by atoms with E-state index in [2.05, 4.69) is 0 Å². The maximum atomic E-state index is 13.9. The highest BCUT2D eigenvalue weighted by Crippen LogP contribution is 2.36. The SMILES string of the molecule is Cc1ccc(C(=O)N2C3CCC2CC(N)C3)c(F)c1. The molecule has 2 atom stereocenters. The Morgan fingerprint density at radius 3 is 2.53 bits per heavy atom. The summed E-state index contributed by atoms with van der Waals surface area (Å²) in [4.78, 5) is 14.4. The van der Waals surface area contributed by atoms with Gasteiger partial charge < -0.3 is 10.6 Å². The lowest BCUT2D eigenvalue weighted by Gasteiger charge is -2.37. The quantitative estimate of drug-likeness (QED) is 0.843. The summed E-state index contributed by atoms with van der Waals surface area (Å²) < 4.78 is 13.9. The number of piperidine rings is 1. The Bertz CT molecular complexity index is 503. The molecule has 0 aromatic heterocycles. The highest BCUT2D eigenvalue weighted by atomic mass is 19.1. The number of carbonyl (C=O) groups is 1. The van der Waals surface area contributed by atoms with Crippen LogP contribution in [-0.2, 0) is 0 Å². The van der Waals surface area contributed by atoms with Gasteiger partial charge in [0.05, 0.1) is 5.56 Å². The average Bonchev–Trinajstić information content (AvgIpc) is 2.61. The number of halogens is 1. The number of rotatable bonds is 1. The number of aryl methyl sites for hydroxylation is 1. The van der Waals surface area contributed by atoms with Crippen molar-refractivity contribution >= 4 is 5.91 Å². The van der Waals surface area contributed by atoms with Crippen LogP contribution in [0.25, 0.3) is 0 Å². The van der Waals surface area contributed by atoms with E-state index in [-0.39, 0.29) is 29.6 Å². The molecule has 3 rings (SSSR count). The lowest BCUT2D eigenvalue weighted by molar-refractivity contribution is 0.0570. The number of hydrogen-bond acceptors (Lipinski definition) is 2. The summed E-state index contributed by atoms with van der Waals surface area (Å²) in [5.41, 5.74) is 7.02. The third-order valence-electron chi connectivity index (χ3n) is 4.36. The van der Waals surface area contributed by atoms with E-state index >= 15 is 0 Å². The van der Waals surface area contributed by atoms with Gasteiger partial charge in [0.15, 0.2) is 0 Å². The van der Waals surface area contributed by atoms with E-state index in [9.17, 15) is 9.18 Å². The van der Waals surface area contributed by atoms with Crippen LogP contribution in [0.5, 0.6) is 0 Å². The van der Waals surface area contributed by atoms with Crippen LogP contribution in [0.1, 0.15) is 41.6 Å². The van der Waals surface area contributed by atoms with Crippen LogP contribution in [0.4, 0.5) is 4.39 Å². The van der Waals surface area contributed by atoms with E-state index in [0.717, 1.165) is 31.2 Å². The third-order valence-corrected chi connectivity index (χ3v) is 4.36. The lowest BCUT2D eigenvalue weighted by atomic mass is 9.97. The maximum Gasteiger partial charge on any atom is 0.257 e. The van der Waals surface area contributed by atoms with Crippen molar-refractivity contribution in [2.24, 2.45) is 5.73 Å². The number of benzene rings is 1. The topological polar surface area (TPSA) is 46.3 Å². The van der Waals surface area contributed by atoms with E-state index in [1.165, 1.54) is 6.07 Å². The summed E-state index contributed by atoms with van der Waals surface area (Å²) in [7, 11) is 0. The second-order valence-corrected chi connectivity index (χ2v) is 5.81. The van der Waals surface area contributed by atoms with E-state index in [1.54, 1.807) is 12.1 Å². The van der Waals surface area contributed by atoms with E-state index in [1.807, 2.05) is 11.8 Å². The van der Waals surface area contributed by atoms with Gasteiger partial charge in [0.1, 0.15) is 5.82 Å². The Morgan fingerprint density at radius 1 is 1.32 bits per heavy atom. The molecule has 1 aromatic carbocycles. The Balaban J connectivity index is 1.88. The van der Waals surface area contributed by atoms with E-state index < -0.39 is 5.82 Å². The highest BCUT2D eigenvalue weighted by molar-refractivity contribution is 5.95. The van der Waals surface area contributed by atoms with Crippen molar-refractivity contribution in [3.05, 3.63) is 35.1 Å². The number of nitrogens with zero attached hydrogens (tertiary/aromatic N) is 1. The highest BCUT2D eigenvalue weighted by Gasteiger charge is 2.42. The van der Waals surface area contributed by atoms with E-state index in [0.29, 0.717) is 0 Å². The minimum absolute atomic E-state index is 0.170. The van der Waals surface area contributed by atoms with Crippen LogP contribution < -0.4 is 5.73 Å². The van der Waals surface area contributed by atoms with Gasteiger partial charge in [0.25, 0.3) is 5.91 Å². The first kappa shape index (κ1) is 12.6. The Morgan fingerprint density at radius 2 is 1.95 bits per heavy atom. The van der Waals surface area contributed by atoms with Gasteiger partial charge in [-0.3, -0.25) is 4.79 Å². The van der Waals surface area contributed by atoms with Gasteiger partial charge >= 0.3 is 0 Å². The monoisotopic (exact) mass is 262 g/mol. The number of nitrogens with two attached hydrogens (primary N) is 1. The maximum absolute atomic E-state index is 13.9. The van der Waals surface area contributed by atoms with Crippen molar-refractivity contribution in [3.8, 4) is 0 Å². The summed E-state index contributed by atoms with van der Waals surface area (Å²) in [5.74, 6) is -0.587. The normalized spacial score (nSPS) is 29.6. The molecule has 0 aliphatic carbocycles. The predicted octanol–water partition coefficient (Wildman–Crippen LogP) is 2.23. The Labute approximate surface area is 112 Å². The first-order valence-corrected chi connectivity index (χ1v) is 6.90. The molecule has 102 valence electrons. The third kappa shape index (κ3) is 2.14. The second-order valence-electron chi connectivity index (χ2n) is 5.81. The Kier molecular flexibility index (Phi) is 3.05. The molecular formula is C15H19FN2O. The zero-order chi connectivity index (χ0) is 13.6. The summed E-state index contributed by atoms with van der Waals surface area (Å²) in [5, 5.41) is 0. The molecule has 1 amide bonds. The molecule has 2 unspecified atom stereocenters. The first-order chi connectivity index (χ1) is 9.06. The minimum Gasteiger partial charge on any atom is -0.332 e. The fourth-order valence-corrected chi connectivity index (χ4v) is 3.48. The molecule has 2 bridgehead atoms. The van der Waals surface area contributed by atoms with Gasteiger partial charge in [0, 0.05) is 18.1 Å². The van der Waals surface area contributed by atoms with Crippen LogP contribution >= 0.6 is 0 Å². The molecule has 1 aromatic rings. The summed E-state index contributed by atoms with van der Waals surface area (Å²) in [6.07, 6.45) is 3.68. The fourth-order valence-electron chi connectivity index (χ4n) is 3.48. The van der Waals surface area contributed by atoms with Gasteiger partial charge in [-0.15, -0.1) is 0 Å². The van der Waals surface area contributed by atoms with Crippen molar-refractivity contribution in [1.29, 1.82) is 0 Å². The van der Waals surface area contributed by atoms with Crippen LogP contribution in [0, 0.1) is 12.7 Å². The van der Waals surface area contributed by atoms with Crippen LogP contribution in [0.3, 0.4) is 0 Å². The molecule has 2 heterocycles. The van der Waals surface area contributed by atoms with Gasteiger partial charge in [-0.1, -0.05) is 6.07 Å². The summed E-state index contributed by atoms with van der Waals surface area (Å²) in [6, 6.07) is 5.38. The fraction of sp³-hybridized carbons (Fsp3) is 0.533. The molecule has 2 aliphatic heterocycles. The van der Waals surface area contributed by atoms with Gasteiger partial charge in [0.2, 0.25) is 0 Å². The molecule has 3 nitrogen and oxygen atoms in total. The van der Waals surface area contributed by atoms with E-state index in [4.69, 9.17) is 5.73 Å². The summed E-state index contributed by atoms with van der Waals surface area (Å²) >= 11 is 0. The van der Waals surface area contributed by atoms with Crippen molar-refractivity contribution in [2.45, 2.75) is 50.7 Å². The first-order valence-electron chi connectivity index (χ1n) is 6.90. The average molecular weight is 262 g/mol. The largest absolute Gasteiger partial charge is 0.332 e. The zero-order valence-electron chi connectivity index (χ0n) is 11.1. The van der Waals surface area contributed by atoms with Crippen molar-refractivity contribution < 1.29 is 9.18 Å². The molecule has 19 heavy (non-hydrogen) atoms. The molecule has 4 heteroatoms. The smallest absolute Gasteiger partial charge is 0.257 e. The molecule has 0 saturated carbocycles.